The molecule has 0 aromatic carbocycles. The van der Waals surface area contributed by atoms with Gasteiger partial charge in [-0.1, -0.05) is 32.6 Å². The van der Waals surface area contributed by atoms with Gasteiger partial charge in [0, 0.05) is 18.3 Å². The Morgan fingerprint density at radius 2 is 2.16 bits per heavy atom. The van der Waals surface area contributed by atoms with E-state index in [1.165, 1.54) is 6.20 Å². The first-order valence-electron chi connectivity index (χ1n) is 6.26. The van der Waals surface area contributed by atoms with E-state index in [4.69, 9.17) is 5.11 Å². The fraction of sp³-hybridized carbons (Fsp3) is 0.467. The molecule has 0 atom stereocenters. The summed E-state index contributed by atoms with van der Waals surface area (Å²) in [6.07, 6.45) is 2.44. The van der Waals surface area contributed by atoms with Crippen LogP contribution in [0.1, 0.15) is 43.2 Å². The lowest BCUT2D eigenvalue weighted by Crippen LogP contribution is -2.27. The van der Waals surface area contributed by atoms with Gasteiger partial charge in [0.15, 0.2) is 0 Å². The molecule has 1 amide bonds. The number of hydrogen-bond donors (Lipinski definition) is 2. The first-order chi connectivity index (χ1) is 8.92. The Bertz CT molecular complexity index is 476. The minimum atomic E-state index is -0.185. The molecule has 102 valence electrons. The van der Waals surface area contributed by atoms with Gasteiger partial charge < -0.3 is 10.4 Å². The Hall–Kier alpha value is -1.86. The number of rotatable bonds is 3. The number of hydrogen-bond acceptors (Lipinski definition) is 3. The van der Waals surface area contributed by atoms with Crippen LogP contribution in [-0.2, 0) is 0 Å². The Kier molecular flexibility index (Phi) is 5.53. The van der Waals surface area contributed by atoms with Gasteiger partial charge in [0.05, 0.1) is 0 Å². The first-order valence-corrected chi connectivity index (χ1v) is 6.26. The van der Waals surface area contributed by atoms with E-state index in [2.05, 4.69) is 42.9 Å². The van der Waals surface area contributed by atoms with E-state index in [9.17, 15) is 4.79 Å². The summed E-state index contributed by atoms with van der Waals surface area (Å²) in [6, 6.07) is 3.35. The van der Waals surface area contributed by atoms with Crippen molar-refractivity contribution in [1.29, 1.82) is 0 Å². The smallest absolute Gasteiger partial charge is 0.269 e. The highest BCUT2D eigenvalue weighted by Crippen LogP contribution is 2.16. The zero-order valence-electron chi connectivity index (χ0n) is 11.7. The molecule has 4 heteroatoms. The average Bonchev–Trinajstić information content (AvgIpc) is 2.35. The Labute approximate surface area is 114 Å². The second-order valence-corrected chi connectivity index (χ2v) is 5.46. The lowest BCUT2D eigenvalue weighted by molar-refractivity contribution is 0.0944. The van der Waals surface area contributed by atoms with Gasteiger partial charge in [-0.25, -0.2) is 4.98 Å². The number of aliphatic hydroxyl groups is 1. The predicted molar refractivity (Wildman–Crippen MR) is 74.6 cm³/mol. The zero-order chi connectivity index (χ0) is 14.3. The SMILES string of the molecule is CC(C)(C)CCNC(=O)c1ccc(C#CCO)cn1. The van der Waals surface area contributed by atoms with Crippen LogP contribution in [0.5, 0.6) is 0 Å². The highest BCUT2D eigenvalue weighted by Gasteiger charge is 2.11. The summed E-state index contributed by atoms with van der Waals surface area (Å²) in [5.74, 6) is 5.08. The molecule has 19 heavy (non-hydrogen) atoms. The van der Waals surface area contributed by atoms with Crippen LogP contribution in [-0.4, -0.2) is 29.1 Å². The molecule has 0 unspecified atom stereocenters. The summed E-state index contributed by atoms with van der Waals surface area (Å²) in [6.45, 7) is 6.84. The number of aliphatic hydroxyl groups excluding tert-OH is 1. The number of carbonyl (C=O) groups is 1. The van der Waals surface area contributed by atoms with Crippen LogP contribution in [0.2, 0.25) is 0 Å². The van der Waals surface area contributed by atoms with Gasteiger partial charge in [0.1, 0.15) is 12.3 Å². The number of nitrogens with one attached hydrogen (secondary N) is 1. The molecular weight excluding hydrogens is 240 g/mol. The zero-order valence-corrected chi connectivity index (χ0v) is 11.7. The van der Waals surface area contributed by atoms with E-state index < -0.39 is 0 Å². The number of pyridine rings is 1. The normalized spacial score (nSPS) is 10.5. The van der Waals surface area contributed by atoms with Crippen LogP contribution in [0.4, 0.5) is 0 Å². The van der Waals surface area contributed by atoms with Crippen molar-refractivity contribution in [2.75, 3.05) is 13.2 Å². The molecule has 2 N–H and O–H groups in total. The molecule has 1 aromatic heterocycles. The molecule has 0 fully saturated rings. The molecule has 0 aliphatic rings. The van der Waals surface area contributed by atoms with Crippen molar-refractivity contribution in [1.82, 2.24) is 10.3 Å². The van der Waals surface area contributed by atoms with Gasteiger partial charge >= 0.3 is 0 Å². The van der Waals surface area contributed by atoms with Gasteiger partial charge in [-0.3, -0.25) is 4.79 Å². The van der Waals surface area contributed by atoms with Gasteiger partial charge in [-0.15, -0.1) is 0 Å². The molecule has 0 saturated heterocycles. The van der Waals surface area contributed by atoms with Crippen molar-refractivity contribution in [2.45, 2.75) is 27.2 Å². The maximum Gasteiger partial charge on any atom is 0.269 e. The van der Waals surface area contributed by atoms with Gasteiger partial charge in [-0.2, -0.15) is 0 Å². The summed E-state index contributed by atoms with van der Waals surface area (Å²) in [7, 11) is 0. The lowest BCUT2D eigenvalue weighted by atomic mass is 9.92. The molecule has 1 aromatic rings. The quantitative estimate of drug-likeness (QED) is 0.811. The van der Waals surface area contributed by atoms with E-state index in [1.807, 2.05) is 0 Å². The largest absolute Gasteiger partial charge is 0.384 e. The van der Waals surface area contributed by atoms with E-state index in [1.54, 1.807) is 12.1 Å². The van der Waals surface area contributed by atoms with E-state index in [-0.39, 0.29) is 17.9 Å². The summed E-state index contributed by atoms with van der Waals surface area (Å²) in [4.78, 5) is 15.9. The molecule has 1 heterocycles. The van der Waals surface area contributed by atoms with Crippen LogP contribution in [0, 0.1) is 17.3 Å². The van der Waals surface area contributed by atoms with E-state index in [0.29, 0.717) is 17.8 Å². The first kappa shape index (κ1) is 15.2. The third-order valence-electron chi connectivity index (χ3n) is 2.47. The number of aromatic nitrogens is 1. The molecule has 0 saturated carbocycles. The molecule has 0 aliphatic carbocycles. The van der Waals surface area contributed by atoms with Crippen LogP contribution >= 0.6 is 0 Å². The minimum Gasteiger partial charge on any atom is -0.384 e. The van der Waals surface area contributed by atoms with Crippen molar-refractivity contribution < 1.29 is 9.90 Å². The van der Waals surface area contributed by atoms with Crippen molar-refractivity contribution >= 4 is 5.91 Å². The monoisotopic (exact) mass is 260 g/mol. The summed E-state index contributed by atoms with van der Waals surface area (Å²) >= 11 is 0. The standard InChI is InChI=1S/C15H20N2O2/c1-15(2,3)8-9-16-14(19)13-7-6-12(11-17-13)5-4-10-18/h6-7,11,18H,8-10H2,1-3H3,(H,16,19). The van der Waals surface area contributed by atoms with Crippen LogP contribution in [0.25, 0.3) is 0 Å². The van der Waals surface area contributed by atoms with Crippen molar-refractivity contribution in [3.05, 3.63) is 29.6 Å². The van der Waals surface area contributed by atoms with Crippen molar-refractivity contribution in [3.8, 4) is 11.8 Å². The Balaban J connectivity index is 2.54. The van der Waals surface area contributed by atoms with Crippen molar-refractivity contribution in [2.24, 2.45) is 5.41 Å². The van der Waals surface area contributed by atoms with Crippen LogP contribution in [0.15, 0.2) is 18.3 Å². The summed E-state index contributed by atoms with van der Waals surface area (Å²) in [5, 5.41) is 11.4. The van der Waals surface area contributed by atoms with Crippen LogP contribution < -0.4 is 5.32 Å². The Morgan fingerprint density at radius 3 is 2.68 bits per heavy atom. The second kappa shape index (κ2) is 6.91. The van der Waals surface area contributed by atoms with E-state index in [0.717, 1.165) is 6.42 Å². The topological polar surface area (TPSA) is 62.2 Å². The highest BCUT2D eigenvalue weighted by molar-refractivity contribution is 5.92. The number of nitrogens with zero attached hydrogens (tertiary/aromatic N) is 1. The van der Waals surface area contributed by atoms with Crippen LogP contribution in [0.3, 0.4) is 0 Å². The van der Waals surface area contributed by atoms with Gasteiger partial charge in [0.2, 0.25) is 0 Å². The lowest BCUT2D eigenvalue weighted by Gasteiger charge is -2.17. The van der Waals surface area contributed by atoms with Gasteiger partial charge in [0.25, 0.3) is 5.91 Å². The molecule has 0 aliphatic heterocycles. The average molecular weight is 260 g/mol. The second-order valence-electron chi connectivity index (χ2n) is 5.46. The number of amides is 1. The van der Waals surface area contributed by atoms with E-state index >= 15 is 0 Å². The highest BCUT2D eigenvalue weighted by atomic mass is 16.2. The maximum absolute atomic E-state index is 11.8. The Morgan fingerprint density at radius 1 is 1.42 bits per heavy atom. The third kappa shape index (κ3) is 6.03. The fourth-order valence-electron chi connectivity index (χ4n) is 1.39. The maximum atomic E-state index is 11.8. The molecule has 4 nitrogen and oxygen atoms in total. The fourth-order valence-corrected chi connectivity index (χ4v) is 1.39. The summed E-state index contributed by atoms with van der Waals surface area (Å²) in [5.41, 5.74) is 1.26. The molecule has 1 rings (SSSR count). The minimum absolute atomic E-state index is 0.175. The molecule has 0 spiro atoms. The molecule has 0 radical (unpaired) electrons. The summed E-state index contributed by atoms with van der Waals surface area (Å²) < 4.78 is 0. The number of carbonyl (C=O) groups excluding carboxylic acids is 1. The molecular formula is C15H20N2O2. The van der Waals surface area contributed by atoms with Crippen molar-refractivity contribution in [3.63, 3.8) is 0 Å². The van der Waals surface area contributed by atoms with Gasteiger partial charge in [-0.05, 0) is 24.0 Å². The predicted octanol–water partition coefficient (Wildman–Crippen LogP) is 1.59. The third-order valence-corrected chi connectivity index (χ3v) is 2.47. The molecule has 0 bridgehead atoms.